The molecule has 1 aliphatic carbocycles. The molecule has 1 fully saturated rings. The summed E-state index contributed by atoms with van der Waals surface area (Å²) in [4.78, 5) is 8.13. The predicted molar refractivity (Wildman–Crippen MR) is 84.5 cm³/mol. The second-order valence-electron chi connectivity index (χ2n) is 6.04. The lowest BCUT2D eigenvalue weighted by Crippen LogP contribution is -2.39. The average Bonchev–Trinajstić information content (AvgIpc) is 2.84. The monoisotopic (exact) mass is 311 g/mol. The van der Waals surface area contributed by atoms with E-state index in [1.54, 1.807) is 0 Å². The summed E-state index contributed by atoms with van der Waals surface area (Å²) in [5, 5.41) is 1.09. The lowest BCUT2D eigenvalue weighted by atomic mass is 9.70. The molecule has 1 aromatic heterocycles. The van der Waals surface area contributed by atoms with Crippen LogP contribution in [0.15, 0.2) is 12.1 Å². The van der Waals surface area contributed by atoms with Crippen molar-refractivity contribution in [3.8, 4) is 0 Å². The molecule has 3 N–H and O–H groups in total. The second-order valence-corrected chi connectivity index (χ2v) is 6.85. The molecule has 1 saturated carbocycles. The van der Waals surface area contributed by atoms with E-state index in [0.29, 0.717) is 16.6 Å². The zero-order chi connectivity index (χ0) is 14.3. The van der Waals surface area contributed by atoms with Gasteiger partial charge in [0.25, 0.3) is 0 Å². The number of fused-ring (bicyclic) bond motifs is 1. The van der Waals surface area contributed by atoms with Crippen LogP contribution in [0.2, 0.25) is 10.0 Å². The van der Waals surface area contributed by atoms with E-state index in [-0.39, 0.29) is 5.41 Å². The molecule has 0 saturated heterocycles. The quantitative estimate of drug-likeness (QED) is 0.870. The molecule has 0 unspecified atom stereocenters. The number of nitrogens with zero attached hydrogens (tertiary/aromatic N) is 1. The summed E-state index contributed by atoms with van der Waals surface area (Å²) in [6.07, 6.45) is 4.59. The first kappa shape index (κ1) is 14.2. The van der Waals surface area contributed by atoms with Crippen molar-refractivity contribution in [2.45, 2.75) is 38.0 Å². The number of aromatic amines is 1. The van der Waals surface area contributed by atoms with Gasteiger partial charge in [0.1, 0.15) is 5.82 Å². The number of nitrogens with one attached hydrogen (secondary N) is 1. The smallest absolute Gasteiger partial charge is 0.114 e. The number of rotatable bonds is 2. The van der Waals surface area contributed by atoms with Gasteiger partial charge in [-0.15, -0.1) is 0 Å². The molecule has 5 heteroatoms. The molecule has 20 heavy (non-hydrogen) atoms. The van der Waals surface area contributed by atoms with Crippen LogP contribution in [0.5, 0.6) is 0 Å². The topological polar surface area (TPSA) is 54.7 Å². The van der Waals surface area contributed by atoms with Crippen LogP contribution in [-0.2, 0) is 5.41 Å². The van der Waals surface area contributed by atoms with Crippen molar-refractivity contribution in [2.24, 2.45) is 11.7 Å². The minimum atomic E-state index is -0.0233. The summed E-state index contributed by atoms with van der Waals surface area (Å²) < 4.78 is 0. The van der Waals surface area contributed by atoms with Gasteiger partial charge in [-0.2, -0.15) is 0 Å². The van der Waals surface area contributed by atoms with Crippen molar-refractivity contribution in [3.05, 3.63) is 28.0 Å². The fourth-order valence-corrected chi connectivity index (χ4v) is 3.43. The number of halogens is 2. The largest absolute Gasteiger partial charge is 0.341 e. The highest BCUT2D eigenvalue weighted by Gasteiger charge is 2.37. The first-order chi connectivity index (χ1) is 9.54. The van der Waals surface area contributed by atoms with Crippen LogP contribution in [0.4, 0.5) is 0 Å². The van der Waals surface area contributed by atoms with Crippen molar-refractivity contribution in [1.29, 1.82) is 0 Å². The number of hydrogen-bond donors (Lipinski definition) is 2. The second kappa shape index (κ2) is 5.21. The summed E-state index contributed by atoms with van der Waals surface area (Å²) in [5.74, 6) is 1.77. The lowest BCUT2D eigenvalue weighted by molar-refractivity contribution is 0.238. The van der Waals surface area contributed by atoms with Crippen LogP contribution in [0, 0.1) is 5.92 Å². The number of hydrogen-bond acceptors (Lipinski definition) is 2. The lowest BCUT2D eigenvalue weighted by Gasteiger charge is -2.36. The number of H-pyrrole nitrogens is 1. The fourth-order valence-electron chi connectivity index (χ4n) is 3.11. The van der Waals surface area contributed by atoms with Gasteiger partial charge in [0.05, 0.1) is 21.1 Å². The highest BCUT2D eigenvalue weighted by Crippen LogP contribution is 2.40. The van der Waals surface area contributed by atoms with E-state index >= 15 is 0 Å². The molecule has 3 rings (SSSR count). The number of benzene rings is 1. The van der Waals surface area contributed by atoms with Gasteiger partial charge < -0.3 is 10.7 Å². The molecule has 1 aromatic carbocycles. The Balaban J connectivity index is 2.04. The van der Waals surface area contributed by atoms with Gasteiger partial charge in [0, 0.05) is 12.0 Å². The Morgan fingerprint density at radius 2 is 1.95 bits per heavy atom. The van der Waals surface area contributed by atoms with Gasteiger partial charge in [-0.1, -0.05) is 30.1 Å². The number of aromatic nitrogens is 2. The summed E-state index contributed by atoms with van der Waals surface area (Å²) in [6, 6.07) is 3.65. The molecule has 0 amide bonds. The predicted octanol–water partition coefficient (Wildman–Crippen LogP) is 4.28. The standard InChI is InChI=1S/C15H19Cl2N3/c1-9-2-4-15(8-18,5-3-9)14-19-12-6-10(16)11(17)7-13(12)20-14/h6-7,9H,2-5,8,18H2,1H3,(H,19,20). The van der Waals surface area contributed by atoms with Crippen LogP contribution < -0.4 is 5.73 Å². The van der Waals surface area contributed by atoms with E-state index in [9.17, 15) is 0 Å². The minimum Gasteiger partial charge on any atom is -0.341 e. The molecule has 0 bridgehead atoms. The Labute approximate surface area is 128 Å². The zero-order valence-electron chi connectivity index (χ0n) is 11.5. The molecule has 108 valence electrons. The highest BCUT2D eigenvalue weighted by molar-refractivity contribution is 6.42. The molecule has 0 aliphatic heterocycles. The third kappa shape index (κ3) is 2.32. The normalized spacial score (nSPS) is 27.1. The van der Waals surface area contributed by atoms with E-state index in [2.05, 4.69) is 11.9 Å². The maximum absolute atomic E-state index is 6.09. The molecule has 1 heterocycles. The summed E-state index contributed by atoms with van der Waals surface area (Å²) in [6.45, 7) is 2.93. The molecular formula is C15H19Cl2N3. The Kier molecular flexibility index (Phi) is 3.69. The van der Waals surface area contributed by atoms with Crippen molar-refractivity contribution in [3.63, 3.8) is 0 Å². The van der Waals surface area contributed by atoms with Crippen molar-refractivity contribution < 1.29 is 0 Å². The molecule has 0 atom stereocenters. The van der Waals surface area contributed by atoms with E-state index in [0.717, 1.165) is 35.6 Å². The van der Waals surface area contributed by atoms with Gasteiger partial charge in [-0.05, 0) is 43.7 Å². The number of imidazole rings is 1. The van der Waals surface area contributed by atoms with E-state index in [1.165, 1.54) is 12.8 Å². The van der Waals surface area contributed by atoms with Crippen LogP contribution >= 0.6 is 23.2 Å². The molecule has 3 nitrogen and oxygen atoms in total. The first-order valence-electron chi connectivity index (χ1n) is 7.09. The van der Waals surface area contributed by atoms with Crippen LogP contribution in [0.1, 0.15) is 38.4 Å². The van der Waals surface area contributed by atoms with E-state index in [1.807, 2.05) is 12.1 Å². The Bertz CT molecular complexity index is 588. The fraction of sp³-hybridized carbons (Fsp3) is 0.533. The summed E-state index contributed by atoms with van der Waals surface area (Å²) in [7, 11) is 0. The Hall–Kier alpha value is -0.770. The van der Waals surface area contributed by atoms with Crippen LogP contribution in [0.25, 0.3) is 11.0 Å². The van der Waals surface area contributed by atoms with Crippen molar-refractivity contribution >= 4 is 34.2 Å². The average molecular weight is 312 g/mol. The summed E-state index contributed by atoms with van der Waals surface area (Å²) in [5.41, 5.74) is 7.86. The molecular weight excluding hydrogens is 293 g/mol. The molecule has 1 aliphatic rings. The third-order valence-electron chi connectivity index (χ3n) is 4.65. The van der Waals surface area contributed by atoms with Crippen molar-refractivity contribution in [1.82, 2.24) is 9.97 Å². The minimum absolute atomic E-state index is 0.0233. The Morgan fingerprint density at radius 3 is 2.60 bits per heavy atom. The third-order valence-corrected chi connectivity index (χ3v) is 5.37. The highest BCUT2D eigenvalue weighted by atomic mass is 35.5. The van der Waals surface area contributed by atoms with E-state index < -0.39 is 0 Å². The van der Waals surface area contributed by atoms with Gasteiger partial charge >= 0.3 is 0 Å². The van der Waals surface area contributed by atoms with Gasteiger partial charge in [-0.3, -0.25) is 0 Å². The SMILES string of the molecule is CC1CCC(CN)(c2nc3cc(Cl)c(Cl)cc3[nH]2)CC1. The van der Waals surface area contributed by atoms with Gasteiger partial charge in [-0.25, -0.2) is 4.98 Å². The Morgan fingerprint density at radius 1 is 1.30 bits per heavy atom. The summed E-state index contributed by atoms with van der Waals surface area (Å²) >= 11 is 12.1. The van der Waals surface area contributed by atoms with Gasteiger partial charge in [0.2, 0.25) is 0 Å². The maximum atomic E-state index is 6.09. The number of nitrogens with two attached hydrogens (primary N) is 1. The van der Waals surface area contributed by atoms with E-state index in [4.69, 9.17) is 33.9 Å². The van der Waals surface area contributed by atoms with Crippen LogP contribution in [-0.4, -0.2) is 16.5 Å². The zero-order valence-corrected chi connectivity index (χ0v) is 13.1. The van der Waals surface area contributed by atoms with Crippen molar-refractivity contribution in [2.75, 3.05) is 6.54 Å². The first-order valence-corrected chi connectivity index (χ1v) is 7.85. The molecule has 0 radical (unpaired) electrons. The maximum Gasteiger partial charge on any atom is 0.114 e. The van der Waals surface area contributed by atoms with Crippen LogP contribution in [0.3, 0.4) is 0 Å². The molecule has 2 aromatic rings. The van der Waals surface area contributed by atoms with Gasteiger partial charge in [0.15, 0.2) is 0 Å². The molecule has 0 spiro atoms.